The lowest BCUT2D eigenvalue weighted by Crippen LogP contribution is -1.94. The molecule has 2 heterocycles. The van der Waals surface area contributed by atoms with Gasteiger partial charge in [0.2, 0.25) is 0 Å². The molecule has 0 saturated carbocycles. The molecule has 3 rings (SSSR count). The Morgan fingerprint density at radius 3 is 2.95 bits per heavy atom. The average molecular weight is 303 g/mol. The molecule has 0 radical (unpaired) electrons. The first kappa shape index (κ1) is 13.0. The molecule has 0 aliphatic rings. The summed E-state index contributed by atoms with van der Waals surface area (Å²) in [5.41, 5.74) is 1.76. The monoisotopic (exact) mass is 303 g/mol. The molecule has 0 atom stereocenters. The number of aromatic nitrogens is 2. The van der Waals surface area contributed by atoms with Crippen LogP contribution in [0.1, 0.15) is 5.56 Å². The highest BCUT2D eigenvalue weighted by Gasteiger charge is 2.13. The Labute approximate surface area is 122 Å². The molecule has 3 aromatic rings. The molecular formula is C13H9N3O2S2. The number of nitro groups is 1. The van der Waals surface area contributed by atoms with Gasteiger partial charge in [0.25, 0.3) is 5.69 Å². The number of hydrogen-bond donors (Lipinski definition) is 0. The van der Waals surface area contributed by atoms with Gasteiger partial charge in [0.05, 0.1) is 15.1 Å². The van der Waals surface area contributed by atoms with Crippen molar-refractivity contribution in [2.75, 3.05) is 0 Å². The highest BCUT2D eigenvalue weighted by atomic mass is 32.2. The van der Waals surface area contributed by atoms with Gasteiger partial charge in [0.15, 0.2) is 0 Å². The smallest absolute Gasteiger partial charge is 0.258 e. The number of para-hydroxylation sites is 1. The Morgan fingerprint density at radius 1 is 1.25 bits per heavy atom. The fourth-order valence-electron chi connectivity index (χ4n) is 1.83. The lowest BCUT2D eigenvalue weighted by molar-refractivity contribution is -0.385. The van der Waals surface area contributed by atoms with Crippen LogP contribution in [0.3, 0.4) is 0 Å². The molecule has 0 amide bonds. The van der Waals surface area contributed by atoms with Crippen LogP contribution in [0.15, 0.2) is 47.1 Å². The maximum absolute atomic E-state index is 11.0. The van der Waals surface area contributed by atoms with Gasteiger partial charge in [0, 0.05) is 17.4 Å². The van der Waals surface area contributed by atoms with Crippen LogP contribution in [-0.2, 0) is 5.75 Å². The lowest BCUT2D eigenvalue weighted by Gasteiger charge is -2.03. The first-order valence-corrected chi connectivity index (χ1v) is 7.65. The normalized spacial score (nSPS) is 10.8. The van der Waals surface area contributed by atoms with Gasteiger partial charge < -0.3 is 0 Å². The number of nitro benzene ring substituents is 1. The zero-order valence-corrected chi connectivity index (χ0v) is 11.9. The van der Waals surface area contributed by atoms with Gasteiger partial charge in [0.1, 0.15) is 11.4 Å². The largest absolute Gasteiger partial charge is 0.273 e. The highest BCUT2D eigenvalue weighted by Crippen LogP contribution is 2.32. The van der Waals surface area contributed by atoms with E-state index in [0.717, 1.165) is 15.2 Å². The van der Waals surface area contributed by atoms with Crippen LogP contribution >= 0.6 is 23.1 Å². The topological polar surface area (TPSA) is 68.9 Å². The van der Waals surface area contributed by atoms with Crippen LogP contribution < -0.4 is 0 Å². The van der Waals surface area contributed by atoms with Gasteiger partial charge >= 0.3 is 0 Å². The second kappa shape index (κ2) is 5.56. The Morgan fingerprint density at radius 2 is 2.10 bits per heavy atom. The van der Waals surface area contributed by atoms with Crippen LogP contribution in [-0.4, -0.2) is 14.9 Å². The number of nitrogens with zero attached hydrogens (tertiary/aromatic N) is 3. The van der Waals surface area contributed by atoms with Crippen molar-refractivity contribution in [1.29, 1.82) is 0 Å². The molecule has 2 aromatic heterocycles. The molecule has 5 nitrogen and oxygen atoms in total. The summed E-state index contributed by atoms with van der Waals surface area (Å²) in [7, 11) is 0. The standard InChI is InChI=1S/C13H9N3O2S2/c17-16(18)11-4-2-1-3-9(11)7-20-13-12-10(5-6-19-12)14-8-15-13/h1-6,8H,7H2. The van der Waals surface area contributed by atoms with Gasteiger partial charge in [-0.2, -0.15) is 0 Å². The van der Waals surface area contributed by atoms with Crippen LogP contribution in [0, 0.1) is 10.1 Å². The summed E-state index contributed by atoms with van der Waals surface area (Å²) >= 11 is 3.07. The van der Waals surface area contributed by atoms with E-state index in [2.05, 4.69) is 9.97 Å². The first-order chi connectivity index (χ1) is 9.75. The minimum Gasteiger partial charge on any atom is -0.258 e. The van der Waals surface area contributed by atoms with Crippen molar-refractivity contribution < 1.29 is 4.92 Å². The Kier molecular flexibility index (Phi) is 3.62. The third kappa shape index (κ3) is 2.50. The molecule has 7 heteroatoms. The van der Waals surface area contributed by atoms with Gasteiger partial charge in [-0.3, -0.25) is 10.1 Å². The van der Waals surface area contributed by atoms with E-state index in [1.165, 1.54) is 24.2 Å². The minimum atomic E-state index is -0.351. The number of thiophene rings is 1. The predicted octanol–water partition coefficient (Wildman–Crippen LogP) is 3.89. The van der Waals surface area contributed by atoms with E-state index >= 15 is 0 Å². The van der Waals surface area contributed by atoms with Crippen molar-refractivity contribution in [2.24, 2.45) is 0 Å². The molecule has 0 aliphatic heterocycles. The second-order valence-corrected chi connectivity index (χ2v) is 5.87. The fourth-order valence-corrected chi connectivity index (χ4v) is 3.77. The first-order valence-electron chi connectivity index (χ1n) is 5.79. The van der Waals surface area contributed by atoms with Gasteiger partial charge in [-0.05, 0) is 11.4 Å². The molecule has 100 valence electrons. The Bertz CT molecular complexity index is 773. The second-order valence-electron chi connectivity index (χ2n) is 3.99. The Hall–Kier alpha value is -1.99. The van der Waals surface area contributed by atoms with E-state index in [0.29, 0.717) is 11.3 Å². The van der Waals surface area contributed by atoms with Crippen molar-refractivity contribution in [3.8, 4) is 0 Å². The van der Waals surface area contributed by atoms with Gasteiger partial charge in [-0.15, -0.1) is 11.3 Å². The summed E-state index contributed by atoms with van der Waals surface area (Å²) in [6, 6.07) is 8.73. The SMILES string of the molecule is O=[N+]([O-])c1ccccc1CSc1ncnc2ccsc12. The number of fused-ring (bicyclic) bond motifs is 1. The number of benzene rings is 1. The molecule has 0 aliphatic carbocycles. The van der Waals surface area contributed by atoms with Crippen LogP contribution in [0.25, 0.3) is 10.2 Å². The molecule has 0 bridgehead atoms. The van der Waals surface area contributed by atoms with Crippen LogP contribution in [0.5, 0.6) is 0 Å². The number of hydrogen-bond acceptors (Lipinski definition) is 6. The minimum absolute atomic E-state index is 0.150. The maximum Gasteiger partial charge on any atom is 0.273 e. The van der Waals surface area contributed by atoms with E-state index in [9.17, 15) is 10.1 Å². The zero-order valence-electron chi connectivity index (χ0n) is 10.2. The highest BCUT2D eigenvalue weighted by molar-refractivity contribution is 7.98. The van der Waals surface area contributed by atoms with Crippen molar-refractivity contribution in [2.45, 2.75) is 10.8 Å². The fraction of sp³-hybridized carbons (Fsp3) is 0.0769. The summed E-state index contributed by atoms with van der Waals surface area (Å²) in [6.45, 7) is 0. The van der Waals surface area contributed by atoms with Crippen molar-refractivity contribution >= 4 is 39.0 Å². The summed E-state index contributed by atoms with van der Waals surface area (Å²) in [5.74, 6) is 0.515. The number of thioether (sulfide) groups is 1. The van der Waals surface area contributed by atoms with E-state index in [4.69, 9.17) is 0 Å². The van der Waals surface area contributed by atoms with Crippen molar-refractivity contribution in [3.63, 3.8) is 0 Å². The molecule has 0 spiro atoms. The van der Waals surface area contributed by atoms with Crippen molar-refractivity contribution in [1.82, 2.24) is 9.97 Å². The maximum atomic E-state index is 11.0. The molecule has 20 heavy (non-hydrogen) atoms. The van der Waals surface area contributed by atoms with E-state index in [1.807, 2.05) is 17.5 Å². The van der Waals surface area contributed by atoms with Crippen LogP contribution in [0.2, 0.25) is 0 Å². The quantitative estimate of drug-likeness (QED) is 0.316. The van der Waals surface area contributed by atoms with E-state index in [1.54, 1.807) is 23.5 Å². The van der Waals surface area contributed by atoms with E-state index < -0.39 is 0 Å². The number of rotatable bonds is 4. The summed E-state index contributed by atoms with van der Waals surface area (Å²) in [4.78, 5) is 19.1. The predicted molar refractivity (Wildman–Crippen MR) is 80.1 cm³/mol. The molecule has 1 aromatic carbocycles. The third-order valence-corrected chi connectivity index (χ3v) is 4.84. The molecule has 0 saturated heterocycles. The third-order valence-electron chi connectivity index (χ3n) is 2.76. The average Bonchev–Trinajstić information content (AvgIpc) is 2.94. The molecular weight excluding hydrogens is 294 g/mol. The van der Waals surface area contributed by atoms with Gasteiger partial charge in [-0.25, -0.2) is 9.97 Å². The molecule has 0 unspecified atom stereocenters. The van der Waals surface area contributed by atoms with Gasteiger partial charge in [-0.1, -0.05) is 30.0 Å². The summed E-state index contributed by atoms with van der Waals surface area (Å²) in [6.07, 6.45) is 1.52. The molecule has 0 fully saturated rings. The van der Waals surface area contributed by atoms with Crippen molar-refractivity contribution in [3.05, 3.63) is 57.7 Å². The molecule has 0 N–H and O–H groups in total. The lowest BCUT2D eigenvalue weighted by atomic mass is 10.2. The summed E-state index contributed by atoms with van der Waals surface area (Å²) in [5, 5.41) is 13.8. The van der Waals surface area contributed by atoms with E-state index in [-0.39, 0.29) is 10.6 Å². The van der Waals surface area contributed by atoms with Crippen LogP contribution in [0.4, 0.5) is 5.69 Å². The zero-order chi connectivity index (χ0) is 13.9. The summed E-state index contributed by atoms with van der Waals surface area (Å²) < 4.78 is 1.02. The Balaban J connectivity index is 1.87.